The Morgan fingerprint density at radius 2 is 1.68 bits per heavy atom. The molecule has 0 aromatic heterocycles. The number of nitrogens with zero attached hydrogens (tertiary/aromatic N) is 3. The number of nitro groups is 1. The summed E-state index contributed by atoms with van der Waals surface area (Å²) >= 11 is 0. The Morgan fingerprint density at radius 1 is 1.03 bits per heavy atom. The molecule has 1 N–H and O–H groups in total. The number of benzene rings is 2. The topological polar surface area (TPSA) is 78.7 Å². The van der Waals surface area contributed by atoms with Crippen LogP contribution >= 0.6 is 0 Å². The predicted octanol–water partition coefficient (Wildman–Crippen LogP) is 4.43. The van der Waals surface area contributed by atoms with E-state index >= 15 is 0 Å². The highest BCUT2D eigenvalue weighted by atomic mass is 16.6. The maximum absolute atomic E-state index is 12.9. The van der Waals surface area contributed by atoms with Gasteiger partial charge in [0, 0.05) is 49.5 Å². The van der Waals surface area contributed by atoms with E-state index in [9.17, 15) is 14.9 Å². The third-order valence-corrected chi connectivity index (χ3v) is 6.04. The number of hydrogen-bond acceptors (Lipinski definition) is 5. The molecule has 2 fully saturated rings. The maximum Gasteiger partial charge on any atom is 0.292 e. The van der Waals surface area contributed by atoms with Crippen LogP contribution in [0.25, 0.3) is 0 Å². The first-order chi connectivity index (χ1) is 14.7. The van der Waals surface area contributed by atoms with Gasteiger partial charge in [0.25, 0.3) is 11.6 Å². The van der Waals surface area contributed by atoms with Crippen molar-refractivity contribution < 1.29 is 9.72 Å². The lowest BCUT2D eigenvalue weighted by molar-refractivity contribution is -0.384. The van der Waals surface area contributed by atoms with Gasteiger partial charge in [-0.1, -0.05) is 32.9 Å². The van der Waals surface area contributed by atoms with Crippen LogP contribution in [-0.4, -0.2) is 48.0 Å². The second kappa shape index (κ2) is 8.21. The van der Waals surface area contributed by atoms with Gasteiger partial charge in [0.05, 0.1) is 4.92 Å². The fraction of sp³-hybridized carbons (Fsp3) is 0.458. The molecule has 4 rings (SSSR count). The van der Waals surface area contributed by atoms with Crippen LogP contribution in [0.5, 0.6) is 0 Å². The summed E-state index contributed by atoms with van der Waals surface area (Å²) in [7, 11) is 0. The van der Waals surface area contributed by atoms with Gasteiger partial charge in [0.2, 0.25) is 0 Å². The number of carbonyl (C=O) groups excluding carboxylic acids is 1. The summed E-state index contributed by atoms with van der Waals surface area (Å²) in [5, 5.41) is 14.6. The first-order valence-electron chi connectivity index (χ1n) is 10.9. The molecule has 7 heteroatoms. The molecule has 1 amide bonds. The molecular weight excluding hydrogens is 392 g/mol. The monoisotopic (exact) mass is 422 g/mol. The number of anilines is 2. The lowest BCUT2D eigenvalue weighted by atomic mass is 9.86. The second-order valence-electron chi connectivity index (χ2n) is 9.48. The number of piperazine rings is 1. The van der Waals surface area contributed by atoms with E-state index in [-0.39, 0.29) is 21.9 Å². The van der Waals surface area contributed by atoms with Crippen LogP contribution in [0.2, 0.25) is 0 Å². The second-order valence-corrected chi connectivity index (χ2v) is 9.48. The number of hydrogen-bond donors (Lipinski definition) is 1. The third kappa shape index (κ3) is 4.81. The van der Waals surface area contributed by atoms with E-state index in [1.807, 2.05) is 35.2 Å². The van der Waals surface area contributed by atoms with Crippen molar-refractivity contribution in [2.75, 3.05) is 36.4 Å². The van der Waals surface area contributed by atoms with Crippen LogP contribution in [-0.2, 0) is 5.41 Å². The Bertz CT molecular complexity index is 969. The minimum Gasteiger partial charge on any atom is -0.377 e. The van der Waals surface area contributed by atoms with Gasteiger partial charge in [0.15, 0.2) is 0 Å². The van der Waals surface area contributed by atoms with Crippen molar-refractivity contribution in [3.05, 3.63) is 63.7 Å². The van der Waals surface area contributed by atoms with E-state index in [1.165, 1.54) is 5.56 Å². The molecule has 2 aromatic carbocycles. The molecule has 1 aliphatic heterocycles. The van der Waals surface area contributed by atoms with Gasteiger partial charge >= 0.3 is 0 Å². The van der Waals surface area contributed by atoms with Crippen LogP contribution in [0, 0.1) is 10.1 Å². The fourth-order valence-corrected chi connectivity index (χ4v) is 3.91. The van der Waals surface area contributed by atoms with Crippen molar-refractivity contribution >= 4 is 23.0 Å². The minimum absolute atomic E-state index is 0.0555. The van der Waals surface area contributed by atoms with Gasteiger partial charge in [-0.25, -0.2) is 0 Å². The highest BCUT2D eigenvalue weighted by molar-refractivity contribution is 5.94. The van der Waals surface area contributed by atoms with E-state index in [0.29, 0.717) is 43.5 Å². The highest BCUT2D eigenvalue weighted by Crippen LogP contribution is 2.34. The first kappa shape index (κ1) is 21.2. The van der Waals surface area contributed by atoms with Crippen molar-refractivity contribution in [3.8, 4) is 0 Å². The highest BCUT2D eigenvalue weighted by Gasteiger charge is 2.27. The van der Waals surface area contributed by atoms with Gasteiger partial charge in [-0.15, -0.1) is 0 Å². The zero-order valence-electron chi connectivity index (χ0n) is 18.4. The number of nitro benzene ring substituents is 1. The molecule has 2 aliphatic rings. The summed E-state index contributed by atoms with van der Waals surface area (Å²) in [5.74, 6) is 0.0555. The number of rotatable bonds is 5. The smallest absolute Gasteiger partial charge is 0.292 e. The van der Waals surface area contributed by atoms with Gasteiger partial charge in [-0.3, -0.25) is 14.9 Å². The van der Waals surface area contributed by atoms with Crippen LogP contribution < -0.4 is 10.2 Å². The van der Waals surface area contributed by atoms with E-state index in [4.69, 9.17) is 0 Å². The van der Waals surface area contributed by atoms with Crippen LogP contribution in [0.1, 0.15) is 49.5 Å². The normalized spacial score (nSPS) is 16.9. The summed E-state index contributed by atoms with van der Waals surface area (Å²) < 4.78 is 0. The molecular formula is C24H30N4O3. The molecule has 0 unspecified atom stereocenters. The zero-order valence-corrected chi connectivity index (χ0v) is 18.4. The number of carbonyl (C=O) groups is 1. The standard InChI is InChI=1S/C24H30N4O3/c1-24(2,3)18-6-4-17(5-7-18)23(29)27-14-12-26(13-15-27)20-10-11-22(28(30)31)21(16-20)25-19-8-9-19/h4-7,10-11,16,19,25H,8-9,12-15H2,1-3H3. The van der Waals surface area contributed by atoms with E-state index in [2.05, 4.69) is 31.0 Å². The predicted molar refractivity (Wildman–Crippen MR) is 123 cm³/mol. The molecule has 2 aromatic rings. The Kier molecular flexibility index (Phi) is 5.60. The molecule has 1 aliphatic carbocycles. The lowest BCUT2D eigenvalue weighted by Gasteiger charge is -2.36. The zero-order chi connectivity index (χ0) is 22.2. The number of amides is 1. The molecule has 0 radical (unpaired) electrons. The van der Waals surface area contributed by atoms with Crippen LogP contribution in [0.4, 0.5) is 17.1 Å². The molecule has 31 heavy (non-hydrogen) atoms. The molecule has 1 saturated carbocycles. The van der Waals surface area contributed by atoms with Gasteiger partial charge < -0.3 is 15.1 Å². The summed E-state index contributed by atoms with van der Waals surface area (Å²) in [6.07, 6.45) is 2.11. The van der Waals surface area contributed by atoms with Gasteiger partial charge in [-0.05, 0) is 48.1 Å². The minimum atomic E-state index is -0.337. The average Bonchev–Trinajstić information content (AvgIpc) is 3.56. The quantitative estimate of drug-likeness (QED) is 0.570. The van der Waals surface area contributed by atoms with Gasteiger partial charge in [-0.2, -0.15) is 0 Å². The summed E-state index contributed by atoms with van der Waals surface area (Å²) in [5.41, 5.74) is 3.64. The Hall–Kier alpha value is -3.09. The van der Waals surface area contributed by atoms with E-state index in [0.717, 1.165) is 18.5 Å². The largest absolute Gasteiger partial charge is 0.377 e. The summed E-state index contributed by atoms with van der Waals surface area (Å²) in [4.78, 5) is 28.0. The van der Waals surface area contributed by atoms with Crippen molar-refractivity contribution in [2.45, 2.75) is 45.1 Å². The van der Waals surface area contributed by atoms with E-state index in [1.54, 1.807) is 12.1 Å². The van der Waals surface area contributed by atoms with Crippen LogP contribution in [0.15, 0.2) is 42.5 Å². The van der Waals surface area contributed by atoms with Crippen LogP contribution in [0.3, 0.4) is 0 Å². The Morgan fingerprint density at radius 3 is 2.23 bits per heavy atom. The lowest BCUT2D eigenvalue weighted by Crippen LogP contribution is -2.48. The molecule has 0 bridgehead atoms. The SMILES string of the molecule is CC(C)(C)c1ccc(C(=O)N2CCN(c3ccc([N+](=O)[O-])c(NC4CC4)c3)CC2)cc1. The Labute approximate surface area is 183 Å². The Balaban J connectivity index is 1.41. The van der Waals surface area contributed by atoms with Crippen molar-refractivity contribution in [3.63, 3.8) is 0 Å². The molecule has 0 atom stereocenters. The molecule has 164 valence electrons. The van der Waals surface area contributed by atoms with Crippen molar-refractivity contribution in [2.24, 2.45) is 0 Å². The fourth-order valence-electron chi connectivity index (χ4n) is 3.91. The van der Waals surface area contributed by atoms with Gasteiger partial charge in [0.1, 0.15) is 5.69 Å². The van der Waals surface area contributed by atoms with E-state index < -0.39 is 0 Å². The molecule has 7 nitrogen and oxygen atoms in total. The molecule has 1 heterocycles. The third-order valence-electron chi connectivity index (χ3n) is 6.04. The number of nitrogens with one attached hydrogen (secondary N) is 1. The molecule has 1 saturated heterocycles. The summed E-state index contributed by atoms with van der Waals surface area (Å²) in [6, 6.07) is 13.5. The summed E-state index contributed by atoms with van der Waals surface area (Å²) in [6.45, 7) is 9.13. The molecule has 0 spiro atoms. The van der Waals surface area contributed by atoms with Crippen molar-refractivity contribution in [1.29, 1.82) is 0 Å². The maximum atomic E-state index is 12.9. The first-order valence-corrected chi connectivity index (χ1v) is 10.9. The van der Waals surface area contributed by atoms with Crippen molar-refractivity contribution in [1.82, 2.24) is 4.90 Å². The average molecular weight is 423 g/mol.